The van der Waals surface area contributed by atoms with Gasteiger partial charge < -0.3 is 9.88 Å². The maximum absolute atomic E-state index is 12.8. The number of thiazole rings is 1. The molecule has 0 radical (unpaired) electrons. The van der Waals surface area contributed by atoms with Gasteiger partial charge in [0.05, 0.1) is 11.0 Å². The highest BCUT2D eigenvalue weighted by Gasteiger charge is 2.16. The lowest BCUT2D eigenvalue weighted by atomic mass is 10.1. The second-order valence-electron chi connectivity index (χ2n) is 6.46. The van der Waals surface area contributed by atoms with E-state index in [1.165, 1.54) is 11.3 Å². The molecule has 0 aliphatic rings. The number of nitrogens with one attached hydrogen (secondary N) is 1. The average Bonchev–Trinajstić information content (AvgIpc) is 3.36. The van der Waals surface area contributed by atoms with E-state index in [1.807, 2.05) is 70.6 Å². The van der Waals surface area contributed by atoms with E-state index in [2.05, 4.69) is 21.4 Å². The summed E-state index contributed by atoms with van der Waals surface area (Å²) in [5, 5.41) is 7.96. The Morgan fingerprint density at radius 1 is 1.00 bits per heavy atom. The molecule has 0 unspecified atom stereocenters. The molecule has 0 spiro atoms. The largest absolute Gasteiger partial charge is 0.325 e. The topological polar surface area (TPSA) is 59.8 Å². The van der Waals surface area contributed by atoms with Crippen molar-refractivity contribution in [1.29, 1.82) is 0 Å². The monoisotopic (exact) mass is 384 g/mol. The van der Waals surface area contributed by atoms with Crippen LogP contribution in [0.15, 0.2) is 78.3 Å². The van der Waals surface area contributed by atoms with Crippen molar-refractivity contribution in [2.45, 2.75) is 6.54 Å². The van der Waals surface area contributed by atoms with Gasteiger partial charge in [0.25, 0.3) is 0 Å². The van der Waals surface area contributed by atoms with Gasteiger partial charge in [-0.05, 0) is 35.0 Å². The Kier molecular flexibility index (Phi) is 4.10. The molecule has 5 nitrogen and oxygen atoms in total. The third-order valence-electron chi connectivity index (χ3n) is 4.61. The van der Waals surface area contributed by atoms with Crippen molar-refractivity contribution in [3.05, 3.63) is 78.3 Å². The van der Waals surface area contributed by atoms with Crippen molar-refractivity contribution in [1.82, 2.24) is 14.5 Å². The number of rotatable bonds is 4. The fourth-order valence-corrected chi connectivity index (χ4v) is 3.98. The Morgan fingerprint density at radius 2 is 1.82 bits per heavy atom. The van der Waals surface area contributed by atoms with E-state index < -0.39 is 0 Å². The number of carbonyl (C=O) groups is 1. The summed E-state index contributed by atoms with van der Waals surface area (Å²) in [5.74, 6) is 0.612. The molecule has 28 heavy (non-hydrogen) atoms. The molecule has 0 fully saturated rings. The second-order valence-corrected chi connectivity index (χ2v) is 7.35. The van der Waals surface area contributed by atoms with E-state index in [9.17, 15) is 4.79 Å². The lowest BCUT2D eigenvalue weighted by Crippen LogP contribution is -2.19. The van der Waals surface area contributed by atoms with Gasteiger partial charge in [-0.15, -0.1) is 11.3 Å². The van der Waals surface area contributed by atoms with Gasteiger partial charge in [-0.25, -0.2) is 9.97 Å². The van der Waals surface area contributed by atoms with Crippen molar-refractivity contribution in [2.75, 3.05) is 5.32 Å². The van der Waals surface area contributed by atoms with Crippen LogP contribution in [0.3, 0.4) is 0 Å². The van der Waals surface area contributed by atoms with Gasteiger partial charge in [-0.2, -0.15) is 0 Å². The standard InChI is InChI=1S/C22H16N4OS/c27-20(24-17-10-9-15-5-1-2-6-16(15)13-17)14-26-19-8-4-3-7-18(19)25-21(26)22-23-11-12-28-22/h1-13H,14H2,(H,24,27). The van der Waals surface area contributed by atoms with Crippen molar-refractivity contribution in [2.24, 2.45) is 0 Å². The van der Waals surface area contributed by atoms with Gasteiger partial charge in [0.2, 0.25) is 5.91 Å². The van der Waals surface area contributed by atoms with Crippen LogP contribution in [0.4, 0.5) is 5.69 Å². The Labute approximate surface area is 165 Å². The molecule has 1 N–H and O–H groups in total. The van der Waals surface area contributed by atoms with Crippen molar-refractivity contribution < 1.29 is 4.79 Å². The highest BCUT2D eigenvalue weighted by atomic mass is 32.1. The SMILES string of the molecule is O=C(Cn1c(-c2nccs2)nc2ccccc21)Nc1ccc2ccccc2c1. The van der Waals surface area contributed by atoms with Gasteiger partial charge >= 0.3 is 0 Å². The number of anilines is 1. The Morgan fingerprint density at radius 3 is 2.68 bits per heavy atom. The minimum atomic E-state index is -0.101. The van der Waals surface area contributed by atoms with Crippen LogP contribution in [-0.2, 0) is 11.3 Å². The Balaban J connectivity index is 1.47. The van der Waals surface area contributed by atoms with Crippen LogP contribution in [0.1, 0.15) is 0 Å². The predicted octanol–water partition coefficient (Wildman–Crippen LogP) is 4.95. The summed E-state index contributed by atoms with van der Waals surface area (Å²) >= 11 is 1.51. The van der Waals surface area contributed by atoms with Gasteiger partial charge in [0.15, 0.2) is 10.8 Å². The van der Waals surface area contributed by atoms with Crippen LogP contribution in [-0.4, -0.2) is 20.4 Å². The molecule has 0 aliphatic carbocycles. The lowest BCUT2D eigenvalue weighted by molar-refractivity contribution is -0.116. The quantitative estimate of drug-likeness (QED) is 0.477. The first kappa shape index (κ1) is 16.6. The van der Waals surface area contributed by atoms with Crippen molar-refractivity contribution in [3.8, 4) is 10.8 Å². The van der Waals surface area contributed by atoms with Crippen molar-refractivity contribution >= 4 is 44.7 Å². The number of carbonyl (C=O) groups excluding carboxylic acids is 1. The molecule has 5 rings (SSSR count). The third kappa shape index (κ3) is 3.04. The molecule has 0 saturated carbocycles. The number of para-hydroxylation sites is 2. The van der Waals surface area contributed by atoms with E-state index in [0.717, 1.165) is 32.5 Å². The second kappa shape index (κ2) is 6.90. The van der Waals surface area contributed by atoms with Crippen LogP contribution < -0.4 is 5.32 Å². The summed E-state index contributed by atoms with van der Waals surface area (Å²) in [4.78, 5) is 21.9. The Hall–Kier alpha value is -3.51. The normalized spacial score (nSPS) is 11.1. The zero-order valence-corrected chi connectivity index (χ0v) is 15.7. The van der Waals surface area contributed by atoms with E-state index >= 15 is 0 Å². The predicted molar refractivity (Wildman–Crippen MR) is 113 cm³/mol. The summed E-state index contributed by atoms with van der Waals surface area (Å²) in [6.07, 6.45) is 1.75. The van der Waals surface area contributed by atoms with Gasteiger partial charge in [-0.1, -0.05) is 42.5 Å². The molecule has 0 bridgehead atoms. The molecule has 2 heterocycles. The first-order valence-electron chi connectivity index (χ1n) is 8.92. The smallest absolute Gasteiger partial charge is 0.244 e. The van der Waals surface area contributed by atoms with E-state index in [4.69, 9.17) is 0 Å². The van der Waals surface area contributed by atoms with Gasteiger partial charge in [-0.3, -0.25) is 4.79 Å². The Bertz CT molecular complexity index is 1290. The fraction of sp³-hybridized carbons (Fsp3) is 0.0455. The van der Waals surface area contributed by atoms with Crippen LogP contribution in [0.5, 0.6) is 0 Å². The van der Waals surface area contributed by atoms with Crippen LogP contribution in [0, 0.1) is 0 Å². The number of hydrogen-bond donors (Lipinski definition) is 1. The van der Waals surface area contributed by atoms with Crippen LogP contribution in [0.25, 0.3) is 32.6 Å². The molecule has 0 atom stereocenters. The van der Waals surface area contributed by atoms with Crippen LogP contribution >= 0.6 is 11.3 Å². The number of aromatic nitrogens is 3. The zero-order valence-electron chi connectivity index (χ0n) is 14.9. The molecule has 0 saturated heterocycles. The number of imidazole rings is 1. The van der Waals surface area contributed by atoms with E-state index in [-0.39, 0.29) is 12.5 Å². The molecule has 6 heteroatoms. The summed E-state index contributed by atoms with van der Waals surface area (Å²) in [7, 11) is 0. The number of fused-ring (bicyclic) bond motifs is 2. The molecule has 3 aromatic carbocycles. The highest BCUT2D eigenvalue weighted by Crippen LogP contribution is 2.26. The highest BCUT2D eigenvalue weighted by molar-refractivity contribution is 7.13. The minimum Gasteiger partial charge on any atom is -0.325 e. The lowest BCUT2D eigenvalue weighted by Gasteiger charge is -2.10. The first-order chi connectivity index (χ1) is 13.8. The van der Waals surface area contributed by atoms with Crippen molar-refractivity contribution in [3.63, 3.8) is 0 Å². The molecular weight excluding hydrogens is 368 g/mol. The molecule has 136 valence electrons. The summed E-state index contributed by atoms with van der Waals surface area (Å²) in [6.45, 7) is 0.169. The van der Waals surface area contributed by atoms with E-state index in [0.29, 0.717) is 5.82 Å². The number of amides is 1. The third-order valence-corrected chi connectivity index (χ3v) is 5.38. The van der Waals surface area contributed by atoms with Gasteiger partial charge in [0, 0.05) is 17.3 Å². The van der Waals surface area contributed by atoms with E-state index in [1.54, 1.807) is 6.20 Å². The number of hydrogen-bond acceptors (Lipinski definition) is 4. The summed E-state index contributed by atoms with van der Waals surface area (Å²) in [6, 6.07) is 21.8. The zero-order chi connectivity index (χ0) is 18.9. The summed E-state index contributed by atoms with van der Waals surface area (Å²) in [5.41, 5.74) is 2.55. The van der Waals surface area contributed by atoms with Crippen LogP contribution in [0.2, 0.25) is 0 Å². The molecular formula is C22H16N4OS. The summed E-state index contributed by atoms with van der Waals surface area (Å²) < 4.78 is 1.92. The fourth-order valence-electron chi connectivity index (χ4n) is 3.34. The number of benzene rings is 3. The molecule has 5 aromatic rings. The average molecular weight is 384 g/mol. The van der Waals surface area contributed by atoms with Gasteiger partial charge in [0.1, 0.15) is 6.54 Å². The maximum atomic E-state index is 12.8. The molecule has 2 aromatic heterocycles. The molecule has 0 aliphatic heterocycles. The number of nitrogens with zero attached hydrogens (tertiary/aromatic N) is 3. The molecule has 1 amide bonds. The maximum Gasteiger partial charge on any atom is 0.244 e. The first-order valence-corrected chi connectivity index (χ1v) is 9.80. The minimum absolute atomic E-state index is 0.101.